The minimum atomic E-state index is 1.09. The fraction of sp³-hybridized carbons (Fsp3) is 0. The fourth-order valence-corrected chi connectivity index (χ4v) is 7.88. The van der Waals surface area contributed by atoms with Crippen LogP contribution in [0, 0.1) is 0 Å². The standard InChI is InChI=1S/C52H36N2/c1-2-11-37(12-3-1)39-21-23-40(24-22-39)41-27-29-45(30-28-41)53(48-16-10-15-43(36-48)44-26-25-38-13-4-5-14-42(38)35-44)46-31-33-47(34-32-46)54-51-19-8-6-17-49(51)50-18-7-9-20-52(50)54/h1-36H. The lowest BCUT2D eigenvalue weighted by Crippen LogP contribution is -2.10. The number of nitrogens with zero attached hydrogens (tertiary/aromatic N) is 2. The van der Waals surface area contributed by atoms with E-state index in [4.69, 9.17) is 0 Å². The summed E-state index contributed by atoms with van der Waals surface area (Å²) in [6.07, 6.45) is 0. The third-order valence-corrected chi connectivity index (χ3v) is 10.6. The van der Waals surface area contributed by atoms with E-state index in [1.54, 1.807) is 0 Å². The van der Waals surface area contributed by atoms with Crippen molar-refractivity contribution in [2.75, 3.05) is 4.90 Å². The Bertz CT molecular complexity index is 2850. The predicted octanol–water partition coefficient (Wildman–Crippen LogP) is 14.4. The second-order valence-electron chi connectivity index (χ2n) is 13.8. The monoisotopic (exact) mass is 688 g/mol. The highest BCUT2D eigenvalue weighted by molar-refractivity contribution is 6.09. The zero-order valence-electron chi connectivity index (χ0n) is 29.7. The zero-order chi connectivity index (χ0) is 35.8. The molecule has 0 N–H and O–H groups in total. The summed E-state index contributed by atoms with van der Waals surface area (Å²) in [6.45, 7) is 0. The SMILES string of the molecule is c1ccc(-c2ccc(-c3ccc(N(c4ccc(-n5c6ccccc6c6ccccc65)cc4)c4cccc(-c5ccc6ccccc6c5)c4)cc3)cc2)cc1. The molecule has 0 saturated heterocycles. The fourth-order valence-electron chi connectivity index (χ4n) is 7.88. The van der Waals surface area contributed by atoms with E-state index in [0.717, 1.165) is 22.7 Å². The minimum Gasteiger partial charge on any atom is -0.310 e. The molecule has 0 unspecified atom stereocenters. The van der Waals surface area contributed by atoms with Crippen LogP contribution in [0.2, 0.25) is 0 Å². The van der Waals surface area contributed by atoms with Gasteiger partial charge in [-0.2, -0.15) is 0 Å². The van der Waals surface area contributed by atoms with Gasteiger partial charge in [-0.15, -0.1) is 0 Å². The highest BCUT2D eigenvalue weighted by atomic mass is 15.1. The highest BCUT2D eigenvalue weighted by Crippen LogP contribution is 2.39. The largest absolute Gasteiger partial charge is 0.310 e. The molecule has 0 fully saturated rings. The molecule has 0 amide bonds. The van der Waals surface area contributed by atoms with Gasteiger partial charge in [0.2, 0.25) is 0 Å². The Morgan fingerprint density at radius 2 is 0.741 bits per heavy atom. The normalized spacial score (nSPS) is 11.3. The number of hydrogen-bond donors (Lipinski definition) is 0. The van der Waals surface area contributed by atoms with E-state index in [-0.39, 0.29) is 0 Å². The number of fused-ring (bicyclic) bond motifs is 4. The molecule has 0 saturated carbocycles. The Labute approximate surface area is 315 Å². The van der Waals surface area contributed by atoms with Gasteiger partial charge in [0.05, 0.1) is 11.0 Å². The van der Waals surface area contributed by atoms with Crippen LogP contribution in [0.3, 0.4) is 0 Å². The second kappa shape index (κ2) is 13.4. The summed E-state index contributed by atoms with van der Waals surface area (Å²) in [5.74, 6) is 0. The van der Waals surface area contributed by atoms with E-state index in [9.17, 15) is 0 Å². The Balaban J connectivity index is 1.05. The van der Waals surface area contributed by atoms with Crippen LogP contribution >= 0.6 is 0 Å². The van der Waals surface area contributed by atoms with Crippen LogP contribution in [0.25, 0.3) is 71.6 Å². The molecular formula is C52H36N2. The molecular weight excluding hydrogens is 653 g/mol. The quantitative estimate of drug-likeness (QED) is 0.162. The molecule has 0 atom stereocenters. The van der Waals surface area contributed by atoms with Gasteiger partial charge in [0.25, 0.3) is 0 Å². The zero-order valence-corrected chi connectivity index (χ0v) is 29.7. The van der Waals surface area contributed by atoms with E-state index in [0.29, 0.717) is 0 Å². The lowest BCUT2D eigenvalue weighted by Gasteiger charge is -2.26. The third kappa shape index (κ3) is 5.71. The van der Waals surface area contributed by atoms with Crippen molar-refractivity contribution in [3.8, 4) is 39.1 Å². The summed E-state index contributed by atoms with van der Waals surface area (Å²) in [5.41, 5.74) is 14.1. The molecule has 0 spiro atoms. The summed E-state index contributed by atoms with van der Waals surface area (Å²) in [4.78, 5) is 2.36. The van der Waals surface area contributed by atoms with E-state index < -0.39 is 0 Å². The Morgan fingerprint density at radius 1 is 0.278 bits per heavy atom. The minimum absolute atomic E-state index is 1.09. The average Bonchev–Trinajstić information content (AvgIpc) is 3.59. The van der Waals surface area contributed by atoms with Gasteiger partial charge < -0.3 is 9.47 Å². The van der Waals surface area contributed by atoms with Gasteiger partial charge in [-0.1, -0.05) is 152 Å². The molecule has 0 aliphatic rings. The summed E-state index contributed by atoms with van der Waals surface area (Å²) >= 11 is 0. The second-order valence-corrected chi connectivity index (χ2v) is 13.8. The number of anilines is 3. The van der Waals surface area contributed by atoms with Crippen LogP contribution < -0.4 is 4.90 Å². The Morgan fingerprint density at radius 3 is 1.39 bits per heavy atom. The van der Waals surface area contributed by atoms with Crippen molar-refractivity contribution in [3.05, 3.63) is 218 Å². The molecule has 10 aromatic rings. The van der Waals surface area contributed by atoms with E-state index >= 15 is 0 Å². The van der Waals surface area contributed by atoms with Crippen molar-refractivity contribution in [2.24, 2.45) is 0 Å². The maximum Gasteiger partial charge on any atom is 0.0541 e. The van der Waals surface area contributed by atoms with Crippen molar-refractivity contribution < 1.29 is 0 Å². The number of rotatable bonds is 7. The molecule has 254 valence electrons. The molecule has 0 aliphatic heterocycles. The number of aromatic nitrogens is 1. The van der Waals surface area contributed by atoms with E-state index in [1.165, 1.54) is 66.0 Å². The summed E-state index contributed by atoms with van der Waals surface area (Å²) in [5, 5.41) is 5.01. The lowest BCUT2D eigenvalue weighted by molar-refractivity contribution is 1.17. The maximum atomic E-state index is 2.37. The van der Waals surface area contributed by atoms with Crippen molar-refractivity contribution in [3.63, 3.8) is 0 Å². The molecule has 1 heterocycles. The summed E-state index contributed by atoms with van der Waals surface area (Å²) in [7, 11) is 0. The average molecular weight is 689 g/mol. The first-order valence-electron chi connectivity index (χ1n) is 18.5. The van der Waals surface area contributed by atoms with Gasteiger partial charge in [-0.05, 0) is 111 Å². The van der Waals surface area contributed by atoms with E-state index in [2.05, 4.69) is 228 Å². The Kier molecular flexibility index (Phi) is 7.85. The summed E-state index contributed by atoms with van der Waals surface area (Å²) in [6, 6.07) is 78.9. The predicted molar refractivity (Wildman–Crippen MR) is 229 cm³/mol. The van der Waals surface area contributed by atoms with Gasteiger partial charge in [0, 0.05) is 33.5 Å². The molecule has 1 aromatic heterocycles. The third-order valence-electron chi connectivity index (χ3n) is 10.6. The van der Waals surface area contributed by atoms with Crippen LogP contribution in [0.5, 0.6) is 0 Å². The maximum absolute atomic E-state index is 2.37. The van der Waals surface area contributed by atoms with Crippen molar-refractivity contribution >= 4 is 49.6 Å². The molecule has 0 radical (unpaired) electrons. The molecule has 2 nitrogen and oxygen atoms in total. The first-order chi connectivity index (χ1) is 26.8. The van der Waals surface area contributed by atoms with Crippen LogP contribution in [0.1, 0.15) is 0 Å². The van der Waals surface area contributed by atoms with Gasteiger partial charge >= 0.3 is 0 Å². The van der Waals surface area contributed by atoms with Gasteiger partial charge in [-0.25, -0.2) is 0 Å². The molecule has 9 aromatic carbocycles. The van der Waals surface area contributed by atoms with Crippen LogP contribution in [0.4, 0.5) is 17.1 Å². The van der Waals surface area contributed by atoms with Crippen LogP contribution in [-0.2, 0) is 0 Å². The topological polar surface area (TPSA) is 8.17 Å². The number of para-hydroxylation sites is 2. The first kappa shape index (κ1) is 31.6. The molecule has 0 bridgehead atoms. The molecule has 0 aliphatic carbocycles. The molecule has 54 heavy (non-hydrogen) atoms. The first-order valence-corrected chi connectivity index (χ1v) is 18.5. The lowest BCUT2D eigenvalue weighted by atomic mass is 9.99. The van der Waals surface area contributed by atoms with Crippen LogP contribution in [0.15, 0.2) is 218 Å². The number of hydrogen-bond acceptors (Lipinski definition) is 1. The van der Waals surface area contributed by atoms with E-state index in [1.807, 2.05) is 0 Å². The molecule has 10 rings (SSSR count). The Hall–Kier alpha value is -7.16. The summed E-state index contributed by atoms with van der Waals surface area (Å²) < 4.78 is 2.37. The molecule has 2 heteroatoms. The van der Waals surface area contributed by atoms with Crippen LogP contribution in [-0.4, -0.2) is 4.57 Å². The highest BCUT2D eigenvalue weighted by Gasteiger charge is 2.16. The smallest absolute Gasteiger partial charge is 0.0541 e. The van der Waals surface area contributed by atoms with Crippen molar-refractivity contribution in [1.29, 1.82) is 0 Å². The van der Waals surface area contributed by atoms with Crippen molar-refractivity contribution in [2.45, 2.75) is 0 Å². The van der Waals surface area contributed by atoms with Gasteiger partial charge in [0.1, 0.15) is 0 Å². The van der Waals surface area contributed by atoms with Gasteiger partial charge in [-0.3, -0.25) is 0 Å². The number of benzene rings is 9. The van der Waals surface area contributed by atoms with Crippen molar-refractivity contribution in [1.82, 2.24) is 4.57 Å². The van der Waals surface area contributed by atoms with Gasteiger partial charge in [0.15, 0.2) is 0 Å².